The van der Waals surface area contributed by atoms with Crippen molar-refractivity contribution >= 4 is 14.0 Å². The molecular weight excluding hydrogens is 105 g/mol. The number of carboxylic acids is 1. The first kappa shape index (κ1) is 7.49. The van der Waals surface area contributed by atoms with Crippen LogP contribution in [0.15, 0.2) is 0 Å². The SMILES string of the molecule is [B]NC(CC)C(=O)O. The first-order valence-electron chi connectivity index (χ1n) is 2.41. The van der Waals surface area contributed by atoms with Crippen LogP contribution in [0.1, 0.15) is 13.3 Å². The van der Waals surface area contributed by atoms with Gasteiger partial charge in [0.1, 0.15) is 0 Å². The van der Waals surface area contributed by atoms with Crippen molar-refractivity contribution in [1.29, 1.82) is 0 Å². The fourth-order valence-corrected chi connectivity index (χ4v) is 0.364. The maximum Gasteiger partial charge on any atom is 0.319 e. The summed E-state index contributed by atoms with van der Waals surface area (Å²) in [6.45, 7) is 1.75. The zero-order chi connectivity index (χ0) is 6.57. The molecule has 0 heterocycles. The number of rotatable bonds is 3. The molecule has 0 aromatic rings. The van der Waals surface area contributed by atoms with Gasteiger partial charge in [0, 0.05) is 0 Å². The van der Waals surface area contributed by atoms with Crippen LogP contribution in [0, 0.1) is 0 Å². The van der Waals surface area contributed by atoms with Crippen LogP contribution in [0.5, 0.6) is 0 Å². The van der Waals surface area contributed by atoms with E-state index in [-0.39, 0.29) is 0 Å². The number of carboxylic acid groups (broad SMARTS) is 1. The Labute approximate surface area is 49.5 Å². The van der Waals surface area contributed by atoms with Gasteiger partial charge in [0.05, 0.1) is 6.04 Å². The summed E-state index contributed by atoms with van der Waals surface area (Å²) in [7, 11) is 4.85. The highest BCUT2D eigenvalue weighted by molar-refractivity contribution is 6.06. The number of aliphatic carboxylic acids is 1. The summed E-state index contributed by atoms with van der Waals surface area (Å²) in [5, 5.41) is 10.4. The zero-order valence-corrected chi connectivity index (χ0v) is 4.72. The lowest BCUT2D eigenvalue weighted by atomic mass is 10.2. The number of carbonyl (C=O) groups is 1. The Kier molecular flexibility index (Phi) is 3.27. The van der Waals surface area contributed by atoms with Gasteiger partial charge >= 0.3 is 5.97 Å². The Hall–Kier alpha value is -0.505. The van der Waals surface area contributed by atoms with Crippen LogP contribution in [0.2, 0.25) is 0 Å². The van der Waals surface area contributed by atoms with Crippen molar-refractivity contribution in [3.63, 3.8) is 0 Å². The molecule has 0 rings (SSSR count). The van der Waals surface area contributed by atoms with Crippen LogP contribution in [-0.2, 0) is 4.79 Å². The van der Waals surface area contributed by atoms with Gasteiger partial charge in [0.15, 0.2) is 7.98 Å². The summed E-state index contributed by atoms with van der Waals surface area (Å²) < 4.78 is 0. The monoisotopic (exact) mass is 113 g/mol. The third-order valence-corrected chi connectivity index (χ3v) is 0.908. The molecule has 0 aliphatic carbocycles. The molecule has 8 heavy (non-hydrogen) atoms. The maximum atomic E-state index is 10.0. The second kappa shape index (κ2) is 3.49. The minimum atomic E-state index is -0.907. The Morgan fingerprint density at radius 1 is 2.00 bits per heavy atom. The number of hydrogen-bond donors (Lipinski definition) is 2. The van der Waals surface area contributed by atoms with Gasteiger partial charge in [-0.05, 0) is 6.42 Å². The van der Waals surface area contributed by atoms with E-state index in [1.165, 1.54) is 0 Å². The summed E-state index contributed by atoms with van der Waals surface area (Å²) in [6.07, 6.45) is 0.506. The van der Waals surface area contributed by atoms with Crippen molar-refractivity contribution in [3.05, 3.63) is 0 Å². The third kappa shape index (κ3) is 1.98. The van der Waals surface area contributed by atoms with E-state index in [9.17, 15) is 4.79 Å². The predicted octanol–water partition coefficient (Wildman–Crippen LogP) is -0.477. The third-order valence-electron chi connectivity index (χ3n) is 0.908. The molecule has 1 unspecified atom stereocenters. The van der Waals surface area contributed by atoms with Crippen molar-refractivity contribution in [1.82, 2.24) is 5.23 Å². The van der Waals surface area contributed by atoms with E-state index in [0.717, 1.165) is 0 Å². The maximum absolute atomic E-state index is 10.0. The lowest BCUT2D eigenvalue weighted by Gasteiger charge is -2.05. The second-order valence-corrected chi connectivity index (χ2v) is 1.47. The Bertz CT molecular complexity index is 82.1. The van der Waals surface area contributed by atoms with E-state index in [4.69, 9.17) is 13.1 Å². The fourth-order valence-electron chi connectivity index (χ4n) is 0.364. The molecule has 0 aliphatic rings. The second-order valence-electron chi connectivity index (χ2n) is 1.47. The standard InChI is InChI=1S/C4H8BNO2/c1-2-3(6-5)4(7)8/h3,6H,2H2,1H3,(H,7,8). The van der Waals surface area contributed by atoms with Crippen LogP contribution < -0.4 is 5.23 Å². The molecule has 0 amide bonds. The quantitative estimate of drug-likeness (QED) is 0.486. The molecule has 3 nitrogen and oxygen atoms in total. The molecule has 1 atom stereocenters. The highest BCUT2D eigenvalue weighted by atomic mass is 16.4. The predicted molar refractivity (Wildman–Crippen MR) is 30.6 cm³/mol. The van der Waals surface area contributed by atoms with Gasteiger partial charge in [-0.3, -0.25) is 4.79 Å². The molecule has 0 saturated heterocycles. The lowest BCUT2D eigenvalue weighted by molar-refractivity contribution is -0.139. The van der Waals surface area contributed by atoms with E-state index < -0.39 is 12.0 Å². The van der Waals surface area contributed by atoms with E-state index in [1.54, 1.807) is 6.92 Å². The van der Waals surface area contributed by atoms with Gasteiger partial charge in [-0.25, -0.2) is 0 Å². The molecular formula is C4H8BNO2. The first-order chi connectivity index (χ1) is 3.72. The van der Waals surface area contributed by atoms with Crippen molar-refractivity contribution in [2.24, 2.45) is 0 Å². The van der Waals surface area contributed by atoms with Gasteiger partial charge in [0.25, 0.3) is 0 Å². The normalized spacial score (nSPS) is 13.1. The molecule has 4 heteroatoms. The molecule has 44 valence electrons. The number of nitrogens with one attached hydrogen (secondary N) is 1. The fraction of sp³-hybridized carbons (Fsp3) is 0.750. The summed E-state index contributed by atoms with van der Waals surface area (Å²) in [4.78, 5) is 10.0. The summed E-state index contributed by atoms with van der Waals surface area (Å²) in [5.74, 6) is -0.907. The van der Waals surface area contributed by atoms with Gasteiger partial charge in [-0.2, -0.15) is 0 Å². The van der Waals surface area contributed by atoms with E-state index >= 15 is 0 Å². The van der Waals surface area contributed by atoms with Crippen LogP contribution >= 0.6 is 0 Å². The molecule has 0 spiro atoms. The highest BCUT2D eigenvalue weighted by Gasteiger charge is 2.09. The molecule has 0 fully saturated rings. The first-order valence-corrected chi connectivity index (χ1v) is 2.41. The van der Waals surface area contributed by atoms with E-state index in [0.29, 0.717) is 6.42 Å². The largest absolute Gasteiger partial charge is 0.480 e. The molecule has 0 saturated carbocycles. The van der Waals surface area contributed by atoms with Gasteiger partial charge in [-0.1, -0.05) is 6.92 Å². The summed E-state index contributed by atoms with van der Waals surface area (Å²) >= 11 is 0. The van der Waals surface area contributed by atoms with Gasteiger partial charge < -0.3 is 10.3 Å². The Morgan fingerprint density at radius 2 is 2.50 bits per heavy atom. The van der Waals surface area contributed by atoms with Crippen LogP contribution in [-0.4, -0.2) is 25.1 Å². The van der Waals surface area contributed by atoms with E-state index in [1.807, 2.05) is 0 Å². The van der Waals surface area contributed by atoms with Crippen molar-refractivity contribution in [2.75, 3.05) is 0 Å². The average molecular weight is 113 g/mol. The van der Waals surface area contributed by atoms with E-state index in [2.05, 4.69) is 5.23 Å². The Morgan fingerprint density at radius 3 is 2.50 bits per heavy atom. The molecule has 0 aromatic carbocycles. The average Bonchev–Trinajstić information content (AvgIpc) is 1.69. The van der Waals surface area contributed by atoms with Crippen LogP contribution in [0.3, 0.4) is 0 Å². The molecule has 0 aromatic heterocycles. The van der Waals surface area contributed by atoms with Crippen LogP contribution in [0.25, 0.3) is 0 Å². The van der Waals surface area contributed by atoms with Crippen molar-refractivity contribution in [3.8, 4) is 0 Å². The van der Waals surface area contributed by atoms with Gasteiger partial charge in [-0.15, -0.1) is 0 Å². The Balaban J connectivity index is 3.52. The summed E-state index contributed by atoms with van der Waals surface area (Å²) in [5.41, 5.74) is 0. The van der Waals surface area contributed by atoms with Crippen molar-refractivity contribution in [2.45, 2.75) is 19.4 Å². The minimum absolute atomic E-state index is 0.506. The minimum Gasteiger partial charge on any atom is -0.480 e. The topological polar surface area (TPSA) is 49.3 Å². The zero-order valence-electron chi connectivity index (χ0n) is 4.72. The molecule has 2 N–H and O–H groups in total. The molecule has 2 radical (unpaired) electrons. The van der Waals surface area contributed by atoms with Crippen molar-refractivity contribution < 1.29 is 9.90 Å². The molecule has 0 bridgehead atoms. The van der Waals surface area contributed by atoms with Gasteiger partial charge in [0.2, 0.25) is 0 Å². The smallest absolute Gasteiger partial charge is 0.319 e. The van der Waals surface area contributed by atoms with Crippen LogP contribution in [0.4, 0.5) is 0 Å². The molecule has 0 aliphatic heterocycles. The lowest BCUT2D eigenvalue weighted by Crippen LogP contribution is -2.33. The number of hydrogen-bond acceptors (Lipinski definition) is 2. The highest BCUT2D eigenvalue weighted by Crippen LogP contribution is 1.86. The summed E-state index contributed by atoms with van der Waals surface area (Å²) in [6, 6.07) is -0.602.